The van der Waals surface area contributed by atoms with Gasteiger partial charge in [0, 0.05) is 44.5 Å². The van der Waals surface area contributed by atoms with E-state index in [4.69, 9.17) is 0 Å². The van der Waals surface area contributed by atoms with E-state index < -0.39 is 0 Å². The minimum Gasteiger partial charge on any atom is -0.343 e. The molecule has 0 radical (unpaired) electrons. The Bertz CT molecular complexity index is 522. The van der Waals surface area contributed by atoms with Crippen molar-refractivity contribution in [2.75, 3.05) is 26.2 Å². The van der Waals surface area contributed by atoms with Crippen LogP contribution in [-0.4, -0.2) is 48.0 Å². The Morgan fingerprint density at radius 1 is 1.08 bits per heavy atom. The fourth-order valence-electron chi connectivity index (χ4n) is 2.79. The molecule has 0 aliphatic carbocycles. The van der Waals surface area contributed by atoms with Gasteiger partial charge in [0.15, 0.2) is 0 Å². The summed E-state index contributed by atoms with van der Waals surface area (Å²) in [6.07, 6.45) is 7.54. The van der Waals surface area contributed by atoms with E-state index in [-0.39, 0.29) is 11.9 Å². The number of nitrogens with one attached hydrogen (secondary N) is 2. The van der Waals surface area contributed by atoms with Gasteiger partial charge in [-0.05, 0) is 37.8 Å². The van der Waals surface area contributed by atoms with Gasteiger partial charge in [-0.15, -0.1) is 0 Å². The third-order valence-electron chi connectivity index (χ3n) is 4.26. The summed E-state index contributed by atoms with van der Waals surface area (Å²) in [4.78, 5) is 30.0. The number of hydrogen-bond donors (Lipinski definition) is 2. The molecule has 24 heavy (non-hydrogen) atoms. The summed E-state index contributed by atoms with van der Waals surface area (Å²) in [6.45, 7) is 4.59. The molecule has 1 aliphatic heterocycles. The first kappa shape index (κ1) is 18.2. The first-order valence-electron chi connectivity index (χ1n) is 8.86. The van der Waals surface area contributed by atoms with Crippen LogP contribution in [0.4, 0.5) is 4.79 Å². The number of carbonyl (C=O) groups is 2. The van der Waals surface area contributed by atoms with Crippen LogP contribution in [0.1, 0.15) is 43.4 Å². The minimum atomic E-state index is -0.223. The van der Waals surface area contributed by atoms with Gasteiger partial charge in [-0.25, -0.2) is 4.79 Å². The molecule has 6 nitrogen and oxygen atoms in total. The van der Waals surface area contributed by atoms with Gasteiger partial charge in [0.25, 0.3) is 0 Å². The highest BCUT2D eigenvalue weighted by Crippen LogP contribution is 2.10. The lowest BCUT2D eigenvalue weighted by Gasteiger charge is -2.20. The zero-order valence-electron chi connectivity index (χ0n) is 14.5. The maximum Gasteiger partial charge on any atom is 0.314 e. The predicted molar refractivity (Wildman–Crippen MR) is 93.7 cm³/mol. The van der Waals surface area contributed by atoms with Crippen molar-refractivity contribution in [2.24, 2.45) is 0 Å². The Labute approximate surface area is 144 Å². The highest BCUT2D eigenvalue weighted by atomic mass is 16.2. The minimum absolute atomic E-state index is 0.142. The second-order valence-corrected chi connectivity index (χ2v) is 6.29. The van der Waals surface area contributed by atoms with Crippen LogP contribution in [0.5, 0.6) is 0 Å². The Morgan fingerprint density at radius 3 is 2.46 bits per heavy atom. The number of pyridine rings is 1. The van der Waals surface area contributed by atoms with E-state index in [2.05, 4.69) is 15.6 Å². The summed E-state index contributed by atoms with van der Waals surface area (Å²) in [5.41, 5.74) is 2.08. The van der Waals surface area contributed by atoms with Gasteiger partial charge in [0.1, 0.15) is 0 Å². The summed E-state index contributed by atoms with van der Waals surface area (Å²) in [5, 5.41) is 5.56. The van der Waals surface area contributed by atoms with Crippen molar-refractivity contribution >= 4 is 11.9 Å². The predicted octanol–water partition coefficient (Wildman–Crippen LogP) is 2.02. The van der Waals surface area contributed by atoms with Crippen molar-refractivity contribution in [2.45, 2.75) is 45.4 Å². The van der Waals surface area contributed by atoms with Gasteiger partial charge in [-0.3, -0.25) is 9.78 Å². The van der Waals surface area contributed by atoms with E-state index in [0.29, 0.717) is 19.5 Å². The first-order valence-corrected chi connectivity index (χ1v) is 8.86. The van der Waals surface area contributed by atoms with Crippen LogP contribution >= 0.6 is 0 Å². The summed E-state index contributed by atoms with van der Waals surface area (Å²) in [7, 11) is 0. The first-order chi connectivity index (χ1) is 11.6. The highest BCUT2D eigenvalue weighted by Gasteiger charge is 2.15. The van der Waals surface area contributed by atoms with Crippen LogP contribution in [0.15, 0.2) is 18.3 Å². The zero-order chi connectivity index (χ0) is 17.2. The third-order valence-corrected chi connectivity index (χ3v) is 4.26. The van der Waals surface area contributed by atoms with Crippen molar-refractivity contribution in [3.63, 3.8) is 0 Å². The van der Waals surface area contributed by atoms with E-state index in [1.807, 2.05) is 30.2 Å². The number of urea groups is 1. The number of hydrogen-bond acceptors (Lipinski definition) is 3. The molecule has 2 rings (SSSR count). The molecule has 0 atom stereocenters. The molecule has 3 amide bonds. The van der Waals surface area contributed by atoms with Crippen molar-refractivity contribution in [3.05, 3.63) is 29.6 Å². The SMILES string of the molecule is Cc1ccc(CCNC(=O)NCCC(=O)N2CCCCCC2)cn1. The molecule has 2 heterocycles. The smallest absolute Gasteiger partial charge is 0.314 e. The second-order valence-electron chi connectivity index (χ2n) is 6.29. The monoisotopic (exact) mass is 332 g/mol. The zero-order valence-corrected chi connectivity index (χ0v) is 14.5. The number of likely N-dealkylation sites (tertiary alicyclic amines) is 1. The van der Waals surface area contributed by atoms with Gasteiger partial charge in [0.05, 0.1) is 0 Å². The fourth-order valence-corrected chi connectivity index (χ4v) is 2.79. The molecule has 132 valence electrons. The van der Waals surface area contributed by atoms with Crippen LogP contribution < -0.4 is 10.6 Å². The normalized spacial score (nSPS) is 14.8. The van der Waals surface area contributed by atoms with Gasteiger partial charge in [-0.1, -0.05) is 18.9 Å². The van der Waals surface area contributed by atoms with E-state index in [1.165, 1.54) is 12.8 Å². The standard InChI is InChI=1S/C18H28N4O2/c1-15-6-7-16(14-21-15)8-10-19-18(24)20-11-9-17(23)22-12-4-2-3-5-13-22/h6-7,14H,2-5,8-13H2,1H3,(H2,19,20,24). The Kier molecular flexibility index (Phi) is 7.52. The average Bonchev–Trinajstić information content (AvgIpc) is 2.86. The Morgan fingerprint density at radius 2 is 1.79 bits per heavy atom. The molecular formula is C18H28N4O2. The van der Waals surface area contributed by atoms with Crippen LogP contribution in [-0.2, 0) is 11.2 Å². The van der Waals surface area contributed by atoms with Gasteiger partial charge in [0.2, 0.25) is 5.91 Å². The number of nitrogens with zero attached hydrogens (tertiary/aromatic N) is 2. The number of carbonyl (C=O) groups excluding carboxylic acids is 2. The second kappa shape index (κ2) is 9.90. The molecule has 0 saturated carbocycles. The van der Waals surface area contributed by atoms with E-state index >= 15 is 0 Å². The average molecular weight is 332 g/mol. The van der Waals surface area contributed by atoms with Gasteiger partial charge in [-0.2, -0.15) is 0 Å². The van der Waals surface area contributed by atoms with Crippen molar-refractivity contribution < 1.29 is 9.59 Å². The van der Waals surface area contributed by atoms with Crippen molar-refractivity contribution in [3.8, 4) is 0 Å². The quantitative estimate of drug-likeness (QED) is 0.837. The van der Waals surface area contributed by atoms with Crippen molar-refractivity contribution in [1.29, 1.82) is 0 Å². The summed E-state index contributed by atoms with van der Waals surface area (Å²) < 4.78 is 0. The molecule has 1 aromatic rings. The van der Waals surface area contributed by atoms with Crippen LogP contribution in [0, 0.1) is 6.92 Å². The number of aryl methyl sites for hydroxylation is 1. The highest BCUT2D eigenvalue weighted by molar-refractivity contribution is 5.78. The van der Waals surface area contributed by atoms with Crippen LogP contribution in [0.3, 0.4) is 0 Å². The molecule has 2 N–H and O–H groups in total. The number of rotatable bonds is 6. The lowest BCUT2D eigenvalue weighted by molar-refractivity contribution is -0.131. The maximum atomic E-state index is 12.1. The summed E-state index contributed by atoms with van der Waals surface area (Å²) in [6, 6.07) is 3.75. The van der Waals surface area contributed by atoms with E-state index in [1.54, 1.807) is 0 Å². The molecule has 1 saturated heterocycles. The topological polar surface area (TPSA) is 74.3 Å². The lowest BCUT2D eigenvalue weighted by atomic mass is 10.2. The maximum absolute atomic E-state index is 12.1. The molecule has 0 unspecified atom stereocenters. The fraction of sp³-hybridized carbons (Fsp3) is 0.611. The molecule has 0 bridgehead atoms. The van der Waals surface area contributed by atoms with Gasteiger partial charge >= 0.3 is 6.03 Å². The largest absolute Gasteiger partial charge is 0.343 e. The number of aromatic nitrogens is 1. The van der Waals surface area contributed by atoms with Gasteiger partial charge < -0.3 is 15.5 Å². The summed E-state index contributed by atoms with van der Waals surface area (Å²) in [5.74, 6) is 0.142. The Balaban J connectivity index is 1.57. The van der Waals surface area contributed by atoms with E-state index in [0.717, 1.165) is 43.6 Å². The van der Waals surface area contributed by atoms with Crippen LogP contribution in [0.25, 0.3) is 0 Å². The van der Waals surface area contributed by atoms with E-state index in [9.17, 15) is 9.59 Å². The molecule has 1 aliphatic rings. The molecule has 6 heteroatoms. The molecular weight excluding hydrogens is 304 g/mol. The summed E-state index contributed by atoms with van der Waals surface area (Å²) >= 11 is 0. The molecule has 0 spiro atoms. The van der Waals surface area contributed by atoms with Crippen molar-refractivity contribution in [1.82, 2.24) is 20.5 Å². The molecule has 0 aromatic carbocycles. The third kappa shape index (κ3) is 6.56. The molecule has 1 aromatic heterocycles. The van der Waals surface area contributed by atoms with Crippen LogP contribution in [0.2, 0.25) is 0 Å². The molecule has 1 fully saturated rings. The number of amides is 3. The lowest BCUT2D eigenvalue weighted by Crippen LogP contribution is -2.39. The Hall–Kier alpha value is -2.11.